The smallest absolute Gasteiger partial charge is 0.232 e. The van der Waals surface area contributed by atoms with Gasteiger partial charge >= 0.3 is 0 Å². The van der Waals surface area contributed by atoms with Gasteiger partial charge in [-0.05, 0) is 37.1 Å². The molecular formula is C15H23BrN2O3S. The Bertz CT molecular complexity index is 583. The van der Waals surface area contributed by atoms with Crippen LogP contribution in [-0.4, -0.2) is 33.7 Å². The van der Waals surface area contributed by atoms with E-state index in [0.29, 0.717) is 12.2 Å². The van der Waals surface area contributed by atoms with Gasteiger partial charge < -0.3 is 5.32 Å². The summed E-state index contributed by atoms with van der Waals surface area (Å²) in [6.45, 7) is 4.45. The standard InChI is InChI=1S/C15H23BrN2O3S/c1-4-12(5-2)15(19)17-10-11-18(22(3,20)21)14-8-6-13(16)7-9-14/h6-9,12H,4-5,10-11H2,1-3H3,(H,17,19). The topological polar surface area (TPSA) is 66.5 Å². The Morgan fingerprint density at radius 3 is 2.23 bits per heavy atom. The number of hydrogen-bond acceptors (Lipinski definition) is 3. The summed E-state index contributed by atoms with van der Waals surface area (Å²) in [6.07, 6.45) is 2.73. The lowest BCUT2D eigenvalue weighted by molar-refractivity contribution is -0.125. The third kappa shape index (κ3) is 5.61. The Kier molecular flexibility index (Phi) is 7.35. The second kappa shape index (κ2) is 8.53. The first kappa shape index (κ1) is 19.0. The van der Waals surface area contributed by atoms with Crippen molar-refractivity contribution in [3.63, 3.8) is 0 Å². The van der Waals surface area contributed by atoms with Crippen LogP contribution in [0, 0.1) is 5.92 Å². The second-order valence-corrected chi connectivity index (χ2v) is 7.94. The Morgan fingerprint density at radius 2 is 1.77 bits per heavy atom. The lowest BCUT2D eigenvalue weighted by Gasteiger charge is -2.23. The molecule has 0 saturated heterocycles. The number of halogens is 1. The van der Waals surface area contributed by atoms with Crippen LogP contribution in [0.2, 0.25) is 0 Å². The molecule has 0 aliphatic rings. The van der Waals surface area contributed by atoms with Gasteiger partial charge in [0.25, 0.3) is 0 Å². The van der Waals surface area contributed by atoms with Crippen molar-refractivity contribution >= 4 is 37.5 Å². The molecule has 0 aromatic heterocycles. The minimum atomic E-state index is -3.39. The highest BCUT2D eigenvalue weighted by Gasteiger charge is 2.18. The van der Waals surface area contributed by atoms with Crippen LogP contribution >= 0.6 is 15.9 Å². The molecule has 7 heteroatoms. The largest absolute Gasteiger partial charge is 0.354 e. The maximum Gasteiger partial charge on any atom is 0.232 e. The fourth-order valence-electron chi connectivity index (χ4n) is 2.18. The van der Waals surface area contributed by atoms with Crippen LogP contribution in [0.25, 0.3) is 0 Å². The van der Waals surface area contributed by atoms with Gasteiger partial charge in [0, 0.05) is 16.9 Å². The van der Waals surface area contributed by atoms with Gasteiger partial charge in [-0.2, -0.15) is 0 Å². The van der Waals surface area contributed by atoms with E-state index >= 15 is 0 Å². The number of carbonyl (C=O) groups is 1. The molecule has 0 radical (unpaired) electrons. The van der Waals surface area contributed by atoms with Crippen LogP contribution in [0.15, 0.2) is 28.7 Å². The van der Waals surface area contributed by atoms with E-state index in [0.717, 1.165) is 23.6 Å². The summed E-state index contributed by atoms with van der Waals surface area (Å²) in [5.74, 6) is -0.0337. The first-order chi connectivity index (χ1) is 10.3. The number of rotatable bonds is 8. The van der Waals surface area contributed by atoms with Gasteiger partial charge in [-0.15, -0.1) is 0 Å². The van der Waals surface area contributed by atoms with E-state index < -0.39 is 10.0 Å². The minimum absolute atomic E-state index is 0.0145. The number of nitrogens with zero attached hydrogens (tertiary/aromatic N) is 1. The van der Waals surface area contributed by atoms with Crippen LogP contribution in [0.3, 0.4) is 0 Å². The first-order valence-electron chi connectivity index (χ1n) is 7.30. The molecule has 0 atom stereocenters. The highest BCUT2D eigenvalue weighted by molar-refractivity contribution is 9.10. The third-order valence-corrected chi connectivity index (χ3v) is 5.21. The van der Waals surface area contributed by atoms with E-state index in [4.69, 9.17) is 0 Å². The van der Waals surface area contributed by atoms with Crippen LogP contribution in [0.1, 0.15) is 26.7 Å². The van der Waals surface area contributed by atoms with Gasteiger partial charge in [-0.3, -0.25) is 9.10 Å². The van der Waals surface area contributed by atoms with Crippen molar-refractivity contribution in [2.75, 3.05) is 23.7 Å². The van der Waals surface area contributed by atoms with Crippen molar-refractivity contribution in [3.8, 4) is 0 Å². The lowest BCUT2D eigenvalue weighted by atomic mass is 10.0. The van der Waals surface area contributed by atoms with Crippen molar-refractivity contribution in [1.29, 1.82) is 0 Å². The van der Waals surface area contributed by atoms with Crippen molar-refractivity contribution in [3.05, 3.63) is 28.7 Å². The lowest BCUT2D eigenvalue weighted by Crippen LogP contribution is -2.39. The van der Waals surface area contributed by atoms with Crippen LogP contribution in [0.4, 0.5) is 5.69 Å². The number of nitrogens with one attached hydrogen (secondary N) is 1. The summed E-state index contributed by atoms with van der Waals surface area (Å²) >= 11 is 3.32. The van der Waals surface area contributed by atoms with Gasteiger partial charge in [-0.25, -0.2) is 8.42 Å². The molecule has 0 unspecified atom stereocenters. The third-order valence-electron chi connectivity index (χ3n) is 3.49. The fraction of sp³-hybridized carbons (Fsp3) is 0.533. The van der Waals surface area contributed by atoms with Gasteiger partial charge in [0.1, 0.15) is 0 Å². The SMILES string of the molecule is CCC(CC)C(=O)NCCN(c1ccc(Br)cc1)S(C)(=O)=O. The van der Waals surface area contributed by atoms with Gasteiger partial charge in [0.15, 0.2) is 0 Å². The van der Waals surface area contributed by atoms with Crippen molar-refractivity contribution in [1.82, 2.24) is 5.32 Å². The van der Waals surface area contributed by atoms with Gasteiger partial charge in [0.2, 0.25) is 15.9 Å². The number of carbonyl (C=O) groups excluding carboxylic acids is 1. The number of amides is 1. The molecule has 22 heavy (non-hydrogen) atoms. The highest BCUT2D eigenvalue weighted by Crippen LogP contribution is 2.20. The average Bonchev–Trinajstić information content (AvgIpc) is 2.45. The van der Waals surface area contributed by atoms with Gasteiger partial charge in [-0.1, -0.05) is 29.8 Å². The predicted octanol–water partition coefficient (Wildman–Crippen LogP) is 2.77. The van der Waals surface area contributed by atoms with E-state index in [1.807, 2.05) is 13.8 Å². The van der Waals surface area contributed by atoms with Crippen LogP contribution in [-0.2, 0) is 14.8 Å². The molecule has 124 valence electrons. The molecule has 0 spiro atoms. The molecule has 5 nitrogen and oxygen atoms in total. The number of sulfonamides is 1. The zero-order chi connectivity index (χ0) is 16.8. The van der Waals surface area contributed by atoms with Crippen LogP contribution in [0.5, 0.6) is 0 Å². The van der Waals surface area contributed by atoms with Crippen molar-refractivity contribution < 1.29 is 13.2 Å². The van der Waals surface area contributed by atoms with E-state index in [1.165, 1.54) is 4.31 Å². The molecule has 0 fully saturated rings. The Balaban J connectivity index is 2.72. The van der Waals surface area contributed by atoms with Crippen molar-refractivity contribution in [2.24, 2.45) is 5.92 Å². The minimum Gasteiger partial charge on any atom is -0.354 e. The summed E-state index contributed by atoms with van der Waals surface area (Å²) in [7, 11) is -3.39. The second-order valence-electron chi connectivity index (χ2n) is 5.12. The normalized spacial score (nSPS) is 11.5. The molecule has 1 aromatic rings. The van der Waals surface area contributed by atoms with E-state index in [2.05, 4.69) is 21.2 Å². The molecule has 0 saturated carbocycles. The zero-order valence-electron chi connectivity index (χ0n) is 13.2. The van der Waals surface area contributed by atoms with E-state index in [9.17, 15) is 13.2 Å². The Labute approximate surface area is 141 Å². The van der Waals surface area contributed by atoms with E-state index in [-0.39, 0.29) is 18.4 Å². The molecule has 0 aliphatic carbocycles. The quantitative estimate of drug-likeness (QED) is 0.741. The highest BCUT2D eigenvalue weighted by atomic mass is 79.9. The molecule has 0 aliphatic heterocycles. The number of anilines is 1. The zero-order valence-corrected chi connectivity index (χ0v) is 15.6. The summed E-state index contributed by atoms with van der Waals surface area (Å²) in [5.41, 5.74) is 0.586. The predicted molar refractivity (Wildman–Crippen MR) is 93.4 cm³/mol. The average molecular weight is 391 g/mol. The number of hydrogen-bond donors (Lipinski definition) is 1. The molecule has 1 rings (SSSR count). The fourth-order valence-corrected chi connectivity index (χ4v) is 3.37. The first-order valence-corrected chi connectivity index (χ1v) is 9.94. The molecular weight excluding hydrogens is 368 g/mol. The monoisotopic (exact) mass is 390 g/mol. The van der Waals surface area contributed by atoms with Crippen LogP contribution < -0.4 is 9.62 Å². The summed E-state index contributed by atoms with van der Waals surface area (Å²) < 4.78 is 26.1. The molecule has 1 amide bonds. The molecule has 0 heterocycles. The van der Waals surface area contributed by atoms with Crippen molar-refractivity contribution in [2.45, 2.75) is 26.7 Å². The summed E-state index contributed by atoms with van der Waals surface area (Å²) in [5, 5.41) is 2.81. The summed E-state index contributed by atoms with van der Waals surface area (Å²) in [6, 6.07) is 7.04. The molecule has 1 N–H and O–H groups in total. The molecule has 0 bridgehead atoms. The molecule has 1 aromatic carbocycles. The van der Waals surface area contributed by atoms with Gasteiger partial charge in [0.05, 0.1) is 18.5 Å². The Hall–Kier alpha value is -1.08. The summed E-state index contributed by atoms with van der Waals surface area (Å²) in [4.78, 5) is 11.9. The number of benzene rings is 1. The maximum atomic E-state index is 11.9. The Morgan fingerprint density at radius 1 is 1.23 bits per heavy atom. The van der Waals surface area contributed by atoms with E-state index in [1.54, 1.807) is 24.3 Å². The maximum absolute atomic E-state index is 11.9.